The Kier molecular flexibility index (Phi) is 15.5. The van der Waals surface area contributed by atoms with Crippen molar-refractivity contribution < 1.29 is 9.53 Å². The first-order valence-electron chi connectivity index (χ1n) is 9.40. The molecule has 0 rings (SSSR count). The second-order valence-corrected chi connectivity index (χ2v) is 6.34. The highest BCUT2D eigenvalue weighted by Gasteiger charge is 2.13. The van der Waals surface area contributed by atoms with Crippen LogP contribution in [0.4, 0.5) is 0 Å². The van der Waals surface area contributed by atoms with Gasteiger partial charge in [-0.1, -0.05) is 85.0 Å². The van der Waals surface area contributed by atoms with Gasteiger partial charge in [0, 0.05) is 6.42 Å². The number of carbonyl (C=O) groups is 1. The van der Waals surface area contributed by atoms with E-state index in [4.69, 9.17) is 4.74 Å². The molecule has 0 heterocycles. The molecule has 0 spiro atoms. The number of ether oxygens (including phenoxy) is 1. The molecule has 0 aromatic heterocycles. The van der Waals surface area contributed by atoms with Crippen molar-refractivity contribution in [3.8, 4) is 0 Å². The third kappa shape index (κ3) is 14.2. The zero-order valence-corrected chi connectivity index (χ0v) is 14.8. The standard InChI is InChI=1S/C19H38O2/c1-4-7-9-10-11-12-13-16-21-19(20)17-18(14-6-3)15-8-5-2/h18H,4-17H2,1-3H3. The van der Waals surface area contributed by atoms with E-state index in [9.17, 15) is 4.79 Å². The summed E-state index contributed by atoms with van der Waals surface area (Å²) in [5.41, 5.74) is 0. The van der Waals surface area contributed by atoms with Crippen LogP contribution in [0, 0.1) is 5.92 Å². The van der Waals surface area contributed by atoms with E-state index in [1.54, 1.807) is 0 Å². The minimum Gasteiger partial charge on any atom is -0.466 e. The molecule has 0 saturated heterocycles. The SMILES string of the molecule is CCCCCCCCCOC(=O)CC(CCC)CCCC. The summed E-state index contributed by atoms with van der Waals surface area (Å²) in [6, 6.07) is 0. The topological polar surface area (TPSA) is 26.3 Å². The summed E-state index contributed by atoms with van der Waals surface area (Å²) in [4.78, 5) is 11.8. The van der Waals surface area contributed by atoms with Crippen LogP contribution >= 0.6 is 0 Å². The summed E-state index contributed by atoms with van der Waals surface area (Å²) in [5, 5.41) is 0. The predicted molar refractivity (Wildman–Crippen MR) is 91.5 cm³/mol. The van der Waals surface area contributed by atoms with Crippen molar-refractivity contribution in [2.75, 3.05) is 6.61 Å². The molecule has 0 amide bonds. The molecule has 0 N–H and O–H groups in total. The highest BCUT2D eigenvalue weighted by molar-refractivity contribution is 5.69. The average molecular weight is 299 g/mol. The average Bonchev–Trinajstić information content (AvgIpc) is 2.47. The van der Waals surface area contributed by atoms with E-state index in [1.165, 1.54) is 64.2 Å². The molecule has 0 radical (unpaired) electrons. The van der Waals surface area contributed by atoms with Gasteiger partial charge >= 0.3 is 5.97 Å². The maximum absolute atomic E-state index is 11.8. The van der Waals surface area contributed by atoms with Crippen LogP contribution in [0.15, 0.2) is 0 Å². The Balaban J connectivity index is 3.54. The smallest absolute Gasteiger partial charge is 0.306 e. The number of hydrogen-bond donors (Lipinski definition) is 0. The zero-order valence-electron chi connectivity index (χ0n) is 14.8. The summed E-state index contributed by atoms with van der Waals surface area (Å²) in [6.07, 6.45) is 15.4. The van der Waals surface area contributed by atoms with Gasteiger partial charge in [0.05, 0.1) is 6.61 Å². The summed E-state index contributed by atoms with van der Waals surface area (Å²) >= 11 is 0. The molecule has 2 heteroatoms. The van der Waals surface area contributed by atoms with E-state index in [-0.39, 0.29) is 5.97 Å². The summed E-state index contributed by atoms with van der Waals surface area (Å²) in [5.74, 6) is 0.562. The van der Waals surface area contributed by atoms with Crippen LogP contribution in [0.3, 0.4) is 0 Å². The number of esters is 1. The number of rotatable bonds is 15. The van der Waals surface area contributed by atoms with Crippen LogP contribution in [-0.2, 0) is 9.53 Å². The highest BCUT2D eigenvalue weighted by Crippen LogP contribution is 2.19. The van der Waals surface area contributed by atoms with E-state index in [0.717, 1.165) is 12.8 Å². The lowest BCUT2D eigenvalue weighted by Crippen LogP contribution is -2.12. The molecule has 0 aromatic rings. The fourth-order valence-electron chi connectivity index (χ4n) is 2.79. The van der Waals surface area contributed by atoms with Crippen molar-refractivity contribution in [3.05, 3.63) is 0 Å². The molecule has 1 unspecified atom stereocenters. The van der Waals surface area contributed by atoms with Crippen molar-refractivity contribution in [1.29, 1.82) is 0 Å². The Bertz CT molecular complexity index is 226. The molecule has 0 aliphatic heterocycles. The van der Waals surface area contributed by atoms with E-state index in [1.807, 2.05) is 0 Å². The maximum Gasteiger partial charge on any atom is 0.306 e. The van der Waals surface area contributed by atoms with E-state index < -0.39 is 0 Å². The summed E-state index contributed by atoms with van der Waals surface area (Å²) in [6.45, 7) is 7.27. The van der Waals surface area contributed by atoms with Crippen molar-refractivity contribution in [2.24, 2.45) is 5.92 Å². The zero-order chi connectivity index (χ0) is 15.8. The van der Waals surface area contributed by atoms with Crippen LogP contribution < -0.4 is 0 Å². The van der Waals surface area contributed by atoms with E-state index in [2.05, 4.69) is 20.8 Å². The minimum atomic E-state index is 0.0236. The first kappa shape index (κ1) is 20.5. The van der Waals surface area contributed by atoms with Gasteiger partial charge in [0.25, 0.3) is 0 Å². The lowest BCUT2D eigenvalue weighted by atomic mass is 9.94. The first-order chi connectivity index (χ1) is 10.2. The number of hydrogen-bond acceptors (Lipinski definition) is 2. The molecular formula is C19H38O2. The molecule has 1 atom stereocenters. The van der Waals surface area contributed by atoms with Crippen LogP contribution in [0.2, 0.25) is 0 Å². The molecule has 2 nitrogen and oxygen atoms in total. The second-order valence-electron chi connectivity index (χ2n) is 6.34. The fourth-order valence-corrected chi connectivity index (χ4v) is 2.79. The Morgan fingerprint density at radius 3 is 2.00 bits per heavy atom. The lowest BCUT2D eigenvalue weighted by Gasteiger charge is -2.14. The van der Waals surface area contributed by atoms with Gasteiger partial charge in [-0.2, -0.15) is 0 Å². The normalized spacial score (nSPS) is 12.3. The summed E-state index contributed by atoms with van der Waals surface area (Å²) in [7, 11) is 0. The van der Waals surface area contributed by atoms with Crippen LogP contribution in [0.25, 0.3) is 0 Å². The van der Waals surface area contributed by atoms with Gasteiger partial charge in [0.2, 0.25) is 0 Å². The fraction of sp³-hybridized carbons (Fsp3) is 0.947. The van der Waals surface area contributed by atoms with Gasteiger partial charge in [-0.25, -0.2) is 0 Å². The Morgan fingerprint density at radius 1 is 0.762 bits per heavy atom. The minimum absolute atomic E-state index is 0.0236. The third-order valence-electron chi connectivity index (χ3n) is 4.13. The van der Waals surface area contributed by atoms with Crippen molar-refractivity contribution in [2.45, 2.75) is 104 Å². The predicted octanol–water partition coefficient (Wildman–Crippen LogP) is 6.28. The van der Waals surface area contributed by atoms with Gasteiger partial charge in [0.1, 0.15) is 0 Å². The van der Waals surface area contributed by atoms with E-state index >= 15 is 0 Å². The van der Waals surface area contributed by atoms with Crippen molar-refractivity contribution in [1.82, 2.24) is 0 Å². The molecular weight excluding hydrogens is 260 g/mol. The number of carbonyl (C=O) groups excluding carboxylic acids is 1. The monoisotopic (exact) mass is 298 g/mol. The van der Waals surface area contributed by atoms with Crippen molar-refractivity contribution >= 4 is 5.97 Å². The molecule has 0 saturated carbocycles. The largest absolute Gasteiger partial charge is 0.466 e. The molecule has 0 aromatic carbocycles. The third-order valence-corrected chi connectivity index (χ3v) is 4.13. The molecule has 0 aliphatic rings. The first-order valence-corrected chi connectivity index (χ1v) is 9.40. The van der Waals surface area contributed by atoms with Gasteiger partial charge in [-0.05, 0) is 18.8 Å². The molecule has 126 valence electrons. The highest BCUT2D eigenvalue weighted by atomic mass is 16.5. The molecule has 21 heavy (non-hydrogen) atoms. The van der Waals surface area contributed by atoms with Gasteiger partial charge < -0.3 is 4.74 Å². The van der Waals surface area contributed by atoms with Crippen LogP contribution in [0.1, 0.15) is 104 Å². The molecule has 0 bridgehead atoms. The molecule has 0 aliphatic carbocycles. The Hall–Kier alpha value is -0.530. The second kappa shape index (κ2) is 15.9. The van der Waals surface area contributed by atoms with E-state index in [0.29, 0.717) is 18.9 Å². The maximum atomic E-state index is 11.8. The Morgan fingerprint density at radius 2 is 1.38 bits per heavy atom. The van der Waals surface area contributed by atoms with Gasteiger partial charge in [-0.15, -0.1) is 0 Å². The summed E-state index contributed by atoms with van der Waals surface area (Å²) < 4.78 is 5.39. The quantitative estimate of drug-likeness (QED) is 0.263. The number of unbranched alkanes of at least 4 members (excludes halogenated alkanes) is 7. The molecule has 0 fully saturated rings. The van der Waals surface area contributed by atoms with Gasteiger partial charge in [0.15, 0.2) is 0 Å². The van der Waals surface area contributed by atoms with Crippen LogP contribution in [-0.4, -0.2) is 12.6 Å². The Labute approximate surface area is 133 Å². The van der Waals surface area contributed by atoms with Crippen molar-refractivity contribution in [3.63, 3.8) is 0 Å². The lowest BCUT2D eigenvalue weighted by molar-refractivity contribution is -0.145. The van der Waals surface area contributed by atoms with Crippen LogP contribution in [0.5, 0.6) is 0 Å². The van der Waals surface area contributed by atoms with Gasteiger partial charge in [-0.3, -0.25) is 4.79 Å².